The van der Waals surface area contributed by atoms with Crippen LogP contribution in [0.4, 0.5) is 4.39 Å². The van der Waals surface area contributed by atoms with Crippen molar-refractivity contribution in [2.75, 3.05) is 26.2 Å². The Bertz CT molecular complexity index is 1000. The summed E-state index contributed by atoms with van der Waals surface area (Å²) in [5.41, 5.74) is 3.67. The normalized spacial score (nSPS) is 20.2. The second-order valence-electron chi connectivity index (χ2n) is 8.72. The molecule has 5 heteroatoms. The summed E-state index contributed by atoms with van der Waals surface area (Å²) in [5.74, 6) is 0.576. The zero-order chi connectivity index (χ0) is 20.3. The largest absolute Gasteiger partial charge is 0.324 e. The van der Waals surface area contributed by atoms with Gasteiger partial charge in [-0.05, 0) is 88.1 Å². The molecule has 0 saturated carbocycles. The Hall–Kier alpha value is -2.24. The molecule has 0 aliphatic carbocycles. The van der Waals surface area contributed by atoms with Gasteiger partial charge in [0, 0.05) is 12.6 Å². The number of piperidine rings is 1. The Morgan fingerprint density at radius 2 is 1.87 bits per heavy atom. The minimum atomic E-state index is -0.172. The number of hydrogen-bond donors (Lipinski definition) is 1. The smallest absolute Gasteiger partial charge is 0.144 e. The number of nitrogens with one attached hydrogen (secondary N) is 1. The molecule has 0 spiro atoms. The second kappa shape index (κ2) is 8.86. The lowest BCUT2D eigenvalue weighted by Gasteiger charge is -2.26. The van der Waals surface area contributed by atoms with E-state index in [0.29, 0.717) is 5.56 Å². The van der Waals surface area contributed by atoms with E-state index in [0.717, 1.165) is 61.3 Å². The number of likely N-dealkylation sites (tertiary alicyclic amines) is 1. The summed E-state index contributed by atoms with van der Waals surface area (Å²) < 4.78 is 17.4. The third kappa shape index (κ3) is 4.01. The lowest BCUT2D eigenvalue weighted by molar-refractivity contribution is 0.223. The zero-order valence-electron chi connectivity index (χ0n) is 17.6. The predicted molar refractivity (Wildman–Crippen MR) is 120 cm³/mol. The fraction of sp³-hybridized carbons (Fsp3) is 0.480. The van der Waals surface area contributed by atoms with Gasteiger partial charge in [-0.15, -0.1) is 0 Å². The first kappa shape index (κ1) is 19.7. The number of para-hydroxylation sites is 2. The highest BCUT2D eigenvalue weighted by atomic mass is 19.1. The fourth-order valence-corrected chi connectivity index (χ4v) is 5.04. The molecule has 3 heterocycles. The van der Waals surface area contributed by atoms with E-state index in [1.165, 1.54) is 32.4 Å². The summed E-state index contributed by atoms with van der Waals surface area (Å²) >= 11 is 0. The molecule has 1 aromatic heterocycles. The van der Waals surface area contributed by atoms with Gasteiger partial charge in [-0.3, -0.25) is 0 Å². The molecule has 1 N–H and O–H groups in total. The van der Waals surface area contributed by atoms with Crippen LogP contribution in [0.3, 0.4) is 0 Å². The first-order valence-corrected chi connectivity index (χ1v) is 11.5. The minimum absolute atomic E-state index is 0.172. The molecule has 3 aromatic rings. The highest BCUT2D eigenvalue weighted by Crippen LogP contribution is 2.31. The average Bonchev–Trinajstić information content (AvgIpc) is 3.43. The van der Waals surface area contributed by atoms with Crippen LogP contribution >= 0.6 is 0 Å². The van der Waals surface area contributed by atoms with Crippen molar-refractivity contribution < 1.29 is 4.39 Å². The third-order valence-corrected chi connectivity index (χ3v) is 6.66. The van der Waals surface area contributed by atoms with Crippen LogP contribution in [0.15, 0.2) is 42.5 Å². The Kier molecular flexibility index (Phi) is 5.82. The molecular formula is C25H31FN4. The van der Waals surface area contributed by atoms with Gasteiger partial charge in [-0.25, -0.2) is 9.37 Å². The molecule has 0 amide bonds. The van der Waals surface area contributed by atoms with Crippen molar-refractivity contribution in [3.05, 3.63) is 53.8 Å². The molecule has 1 atom stereocenters. The monoisotopic (exact) mass is 406 g/mol. The number of rotatable bonds is 6. The van der Waals surface area contributed by atoms with Crippen molar-refractivity contribution in [1.29, 1.82) is 0 Å². The predicted octanol–water partition coefficient (Wildman–Crippen LogP) is 5.14. The number of hydrogen-bond acceptors (Lipinski definition) is 3. The number of benzene rings is 2. The van der Waals surface area contributed by atoms with E-state index in [4.69, 9.17) is 4.98 Å². The van der Waals surface area contributed by atoms with Crippen molar-refractivity contribution in [2.24, 2.45) is 0 Å². The molecule has 0 unspecified atom stereocenters. The zero-order valence-corrected chi connectivity index (χ0v) is 17.6. The van der Waals surface area contributed by atoms with E-state index in [9.17, 15) is 0 Å². The van der Waals surface area contributed by atoms with Gasteiger partial charge in [0.25, 0.3) is 0 Å². The number of nitrogens with zero attached hydrogens (tertiary/aromatic N) is 3. The van der Waals surface area contributed by atoms with E-state index < -0.39 is 0 Å². The maximum absolute atomic E-state index is 15.2. The quantitative estimate of drug-likeness (QED) is 0.615. The van der Waals surface area contributed by atoms with Gasteiger partial charge >= 0.3 is 0 Å². The fourth-order valence-electron chi connectivity index (χ4n) is 5.04. The summed E-state index contributed by atoms with van der Waals surface area (Å²) in [6, 6.07) is 14.1. The molecule has 2 saturated heterocycles. The molecule has 2 fully saturated rings. The lowest BCUT2D eigenvalue weighted by atomic mass is 10.0. The number of aryl methyl sites for hydroxylation is 1. The van der Waals surface area contributed by atoms with Crippen LogP contribution in [0, 0.1) is 5.82 Å². The number of halogens is 1. The maximum Gasteiger partial charge on any atom is 0.144 e. The molecule has 0 radical (unpaired) electrons. The van der Waals surface area contributed by atoms with E-state index in [2.05, 4.69) is 26.9 Å². The highest BCUT2D eigenvalue weighted by molar-refractivity contribution is 5.80. The van der Waals surface area contributed by atoms with Crippen LogP contribution in [0.2, 0.25) is 0 Å². The van der Waals surface area contributed by atoms with Crippen molar-refractivity contribution >= 4 is 11.0 Å². The van der Waals surface area contributed by atoms with Gasteiger partial charge < -0.3 is 14.8 Å². The SMILES string of the molecule is Fc1cc([C@H]2CCCN2)ccc1-c1nc2ccccc2n1CCCN1CCCCC1. The van der Waals surface area contributed by atoms with Crippen LogP contribution in [0.25, 0.3) is 22.4 Å². The highest BCUT2D eigenvalue weighted by Gasteiger charge is 2.20. The molecule has 0 bridgehead atoms. The molecule has 4 nitrogen and oxygen atoms in total. The van der Waals surface area contributed by atoms with Gasteiger partial charge in [-0.2, -0.15) is 0 Å². The second-order valence-corrected chi connectivity index (χ2v) is 8.72. The number of fused-ring (bicyclic) bond motifs is 1. The van der Waals surface area contributed by atoms with Crippen LogP contribution in [0.5, 0.6) is 0 Å². The molecule has 158 valence electrons. The Labute approximate surface area is 178 Å². The first-order valence-electron chi connectivity index (χ1n) is 11.5. The summed E-state index contributed by atoms with van der Waals surface area (Å²) in [7, 11) is 0. The van der Waals surface area contributed by atoms with Gasteiger partial charge in [0.1, 0.15) is 11.6 Å². The third-order valence-electron chi connectivity index (χ3n) is 6.66. The standard InChI is InChI=1S/C25H31FN4/c26-21-18-19(22-9-6-13-27-22)11-12-20(21)25-28-23-8-2-3-10-24(23)30(25)17-7-16-29-14-4-1-5-15-29/h2-3,8,10-12,18,22,27H,1,4-7,9,13-17H2/t22-/m1/s1. The maximum atomic E-state index is 15.2. The number of imidazole rings is 1. The molecule has 30 heavy (non-hydrogen) atoms. The van der Waals surface area contributed by atoms with Crippen LogP contribution in [-0.2, 0) is 6.54 Å². The van der Waals surface area contributed by atoms with Crippen molar-refractivity contribution in [1.82, 2.24) is 19.8 Å². The van der Waals surface area contributed by atoms with Crippen LogP contribution in [-0.4, -0.2) is 40.6 Å². The average molecular weight is 407 g/mol. The topological polar surface area (TPSA) is 33.1 Å². The summed E-state index contributed by atoms with van der Waals surface area (Å²) in [6.07, 6.45) is 7.27. The molecule has 2 aliphatic rings. The van der Waals surface area contributed by atoms with E-state index in [1.807, 2.05) is 24.3 Å². The van der Waals surface area contributed by atoms with E-state index in [1.54, 1.807) is 6.07 Å². The van der Waals surface area contributed by atoms with Crippen molar-refractivity contribution in [3.8, 4) is 11.4 Å². The molecule has 5 rings (SSSR count). The summed E-state index contributed by atoms with van der Waals surface area (Å²) in [4.78, 5) is 7.39. The van der Waals surface area contributed by atoms with Crippen molar-refractivity contribution in [3.63, 3.8) is 0 Å². The summed E-state index contributed by atoms with van der Waals surface area (Å²) in [6.45, 7) is 5.39. The molecular weight excluding hydrogens is 375 g/mol. The first-order chi connectivity index (χ1) is 14.8. The Balaban J connectivity index is 1.42. The Morgan fingerprint density at radius 3 is 2.67 bits per heavy atom. The van der Waals surface area contributed by atoms with Crippen LogP contribution in [0.1, 0.15) is 50.1 Å². The van der Waals surface area contributed by atoms with Crippen molar-refractivity contribution in [2.45, 2.75) is 51.1 Å². The van der Waals surface area contributed by atoms with Gasteiger partial charge in [-0.1, -0.05) is 24.6 Å². The molecule has 2 aliphatic heterocycles. The minimum Gasteiger partial charge on any atom is -0.324 e. The van der Waals surface area contributed by atoms with Crippen LogP contribution < -0.4 is 5.32 Å². The summed E-state index contributed by atoms with van der Waals surface area (Å²) in [5, 5.41) is 3.46. The lowest BCUT2D eigenvalue weighted by Crippen LogP contribution is -2.31. The van der Waals surface area contributed by atoms with Gasteiger partial charge in [0.2, 0.25) is 0 Å². The molecule has 2 aromatic carbocycles. The van der Waals surface area contributed by atoms with Gasteiger partial charge in [0.15, 0.2) is 0 Å². The van der Waals surface area contributed by atoms with E-state index in [-0.39, 0.29) is 11.9 Å². The Morgan fingerprint density at radius 1 is 1.00 bits per heavy atom. The van der Waals surface area contributed by atoms with E-state index >= 15 is 4.39 Å². The van der Waals surface area contributed by atoms with Gasteiger partial charge in [0.05, 0.1) is 16.6 Å². The number of aromatic nitrogens is 2.